The molecule has 0 fully saturated rings. The molecule has 0 aliphatic heterocycles. The number of pyridine rings is 1. The van der Waals surface area contributed by atoms with Crippen molar-refractivity contribution in [3.8, 4) is 16.2 Å². The summed E-state index contributed by atoms with van der Waals surface area (Å²) in [5, 5.41) is 4.74. The summed E-state index contributed by atoms with van der Waals surface area (Å²) in [4.78, 5) is 8.96. The molecule has 2 aromatic carbocycles. The van der Waals surface area contributed by atoms with Crippen molar-refractivity contribution in [1.82, 2.24) is 9.97 Å². The number of hydrogen-bond acceptors (Lipinski definition) is 4. The fraction of sp³-hybridized carbons (Fsp3) is 0.0455. The van der Waals surface area contributed by atoms with Gasteiger partial charge in [0.05, 0.1) is 23.0 Å². The minimum absolute atomic E-state index is 0.862. The number of fused-ring (bicyclic) bond motifs is 2. The quantitative estimate of drug-likeness (QED) is 0.396. The number of nitrogens with one attached hydrogen (secondary N) is 2. The van der Waals surface area contributed by atoms with Gasteiger partial charge in [-0.05, 0) is 66.2 Å². The van der Waals surface area contributed by atoms with E-state index in [9.17, 15) is 0 Å². The van der Waals surface area contributed by atoms with Crippen molar-refractivity contribution in [2.75, 3.05) is 12.4 Å². The Morgan fingerprint density at radius 1 is 1.00 bits per heavy atom. The summed E-state index contributed by atoms with van der Waals surface area (Å²) in [5.74, 6) is 0.862. The molecule has 27 heavy (non-hydrogen) atoms. The summed E-state index contributed by atoms with van der Waals surface area (Å²) >= 11 is 1.74. The first kappa shape index (κ1) is 15.9. The maximum absolute atomic E-state index is 5.25. The lowest BCUT2D eigenvalue weighted by Gasteiger charge is -2.07. The Bertz CT molecular complexity index is 1240. The van der Waals surface area contributed by atoms with E-state index in [0.29, 0.717) is 0 Å². The molecule has 0 unspecified atom stereocenters. The largest absolute Gasteiger partial charge is 0.497 e. The molecule has 5 heteroatoms. The second-order valence-corrected chi connectivity index (χ2v) is 7.37. The monoisotopic (exact) mass is 371 g/mol. The molecular weight excluding hydrogens is 354 g/mol. The number of H-pyrrole nitrogens is 1. The number of anilines is 2. The summed E-state index contributed by atoms with van der Waals surface area (Å²) in [5.41, 5.74) is 5.43. The van der Waals surface area contributed by atoms with E-state index in [2.05, 4.69) is 57.7 Å². The second-order valence-electron chi connectivity index (χ2n) is 6.32. The third-order valence-corrected chi connectivity index (χ3v) is 5.83. The molecule has 0 amide bonds. The number of nitrogens with zero attached hydrogens (tertiary/aromatic N) is 1. The van der Waals surface area contributed by atoms with Gasteiger partial charge in [-0.2, -0.15) is 0 Å². The molecule has 0 saturated carbocycles. The number of aromatic amines is 1. The molecule has 5 rings (SSSR count). The van der Waals surface area contributed by atoms with Gasteiger partial charge < -0.3 is 15.0 Å². The van der Waals surface area contributed by atoms with Gasteiger partial charge in [-0.3, -0.25) is 4.98 Å². The molecule has 0 atom stereocenters. The number of thiophene rings is 1. The van der Waals surface area contributed by atoms with Crippen LogP contribution < -0.4 is 10.1 Å². The van der Waals surface area contributed by atoms with Gasteiger partial charge >= 0.3 is 0 Å². The van der Waals surface area contributed by atoms with Crippen LogP contribution in [-0.4, -0.2) is 17.1 Å². The molecule has 0 saturated heterocycles. The zero-order chi connectivity index (χ0) is 18.2. The Morgan fingerprint density at radius 3 is 2.74 bits per heavy atom. The Kier molecular flexibility index (Phi) is 3.80. The normalized spacial score (nSPS) is 11.1. The van der Waals surface area contributed by atoms with Crippen LogP contribution in [0, 0.1) is 0 Å². The van der Waals surface area contributed by atoms with Gasteiger partial charge in [0.1, 0.15) is 5.75 Å². The van der Waals surface area contributed by atoms with Crippen molar-refractivity contribution >= 4 is 43.8 Å². The highest BCUT2D eigenvalue weighted by molar-refractivity contribution is 7.22. The number of methoxy groups -OCH3 is 1. The number of aromatic nitrogens is 2. The minimum atomic E-state index is 0.862. The van der Waals surface area contributed by atoms with E-state index in [0.717, 1.165) is 32.9 Å². The lowest BCUT2D eigenvalue weighted by atomic mass is 10.2. The first-order valence-corrected chi connectivity index (χ1v) is 9.49. The molecule has 3 heterocycles. The van der Waals surface area contributed by atoms with Crippen LogP contribution in [0.1, 0.15) is 0 Å². The fourth-order valence-corrected chi connectivity index (χ4v) is 4.31. The van der Waals surface area contributed by atoms with Crippen molar-refractivity contribution in [2.45, 2.75) is 0 Å². The molecule has 2 N–H and O–H groups in total. The van der Waals surface area contributed by atoms with Crippen molar-refractivity contribution < 1.29 is 4.74 Å². The molecule has 0 spiro atoms. The molecule has 132 valence electrons. The van der Waals surface area contributed by atoms with Crippen LogP contribution in [0.15, 0.2) is 73.1 Å². The van der Waals surface area contributed by atoms with Crippen molar-refractivity contribution in [2.24, 2.45) is 0 Å². The summed E-state index contributed by atoms with van der Waals surface area (Å²) < 4.78 is 6.40. The maximum atomic E-state index is 5.25. The molecular formula is C22H17N3OS. The second kappa shape index (κ2) is 6.45. The maximum Gasteiger partial charge on any atom is 0.118 e. The van der Waals surface area contributed by atoms with Crippen LogP contribution in [-0.2, 0) is 0 Å². The summed E-state index contributed by atoms with van der Waals surface area (Å²) in [6, 6.07) is 20.7. The summed E-state index contributed by atoms with van der Waals surface area (Å²) in [6.07, 6.45) is 3.81. The van der Waals surface area contributed by atoms with Crippen molar-refractivity contribution in [3.63, 3.8) is 0 Å². The van der Waals surface area contributed by atoms with Gasteiger partial charge in [0, 0.05) is 33.9 Å². The zero-order valence-corrected chi connectivity index (χ0v) is 15.5. The van der Waals surface area contributed by atoms with E-state index < -0.39 is 0 Å². The Hall–Kier alpha value is -3.31. The highest BCUT2D eigenvalue weighted by atomic mass is 32.1. The van der Waals surface area contributed by atoms with Gasteiger partial charge in [0.2, 0.25) is 0 Å². The molecule has 3 aromatic heterocycles. The predicted octanol–water partition coefficient (Wildman–Crippen LogP) is 6.20. The van der Waals surface area contributed by atoms with Crippen LogP contribution in [0.25, 0.3) is 31.6 Å². The molecule has 0 aliphatic rings. The average molecular weight is 371 g/mol. The van der Waals surface area contributed by atoms with E-state index in [1.807, 2.05) is 30.6 Å². The summed E-state index contributed by atoms with van der Waals surface area (Å²) in [6.45, 7) is 0. The third kappa shape index (κ3) is 2.92. The Labute approximate surface area is 160 Å². The minimum Gasteiger partial charge on any atom is -0.497 e. The first-order valence-electron chi connectivity index (χ1n) is 8.67. The highest BCUT2D eigenvalue weighted by Crippen LogP contribution is 2.38. The number of benzene rings is 2. The molecule has 0 radical (unpaired) electrons. The number of hydrogen-bond donors (Lipinski definition) is 2. The van der Waals surface area contributed by atoms with E-state index in [-0.39, 0.29) is 0 Å². The molecule has 0 bridgehead atoms. The fourth-order valence-electron chi connectivity index (χ4n) is 3.22. The molecule has 0 aliphatic carbocycles. The van der Waals surface area contributed by atoms with E-state index in [1.165, 1.54) is 15.8 Å². The van der Waals surface area contributed by atoms with Crippen LogP contribution in [0.4, 0.5) is 11.4 Å². The SMILES string of the molecule is COc1ccc(-c2cc3nccc(Nc4ccc5[nH]ccc5c4)c3s2)cc1. The molecule has 4 nitrogen and oxygen atoms in total. The van der Waals surface area contributed by atoms with Gasteiger partial charge in [-0.15, -0.1) is 11.3 Å². The Balaban J connectivity index is 1.53. The van der Waals surface area contributed by atoms with E-state index in [4.69, 9.17) is 4.74 Å². The van der Waals surface area contributed by atoms with E-state index in [1.54, 1.807) is 18.4 Å². The zero-order valence-electron chi connectivity index (χ0n) is 14.7. The average Bonchev–Trinajstić information content (AvgIpc) is 3.35. The van der Waals surface area contributed by atoms with Crippen molar-refractivity contribution in [1.29, 1.82) is 0 Å². The van der Waals surface area contributed by atoms with Gasteiger partial charge in [-0.1, -0.05) is 0 Å². The van der Waals surface area contributed by atoms with Gasteiger partial charge in [0.15, 0.2) is 0 Å². The third-order valence-electron chi connectivity index (χ3n) is 4.62. The van der Waals surface area contributed by atoms with Crippen LogP contribution in [0.3, 0.4) is 0 Å². The summed E-state index contributed by atoms with van der Waals surface area (Å²) in [7, 11) is 1.68. The number of ether oxygens (including phenoxy) is 1. The topological polar surface area (TPSA) is 49.9 Å². The van der Waals surface area contributed by atoms with Gasteiger partial charge in [-0.25, -0.2) is 0 Å². The lowest BCUT2D eigenvalue weighted by molar-refractivity contribution is 0.415. The standard InChI is InChI=1S/C22H17N3OS/c1-26-17-5-2-14(3-6-17)21-13-20-22(27-21)19(9-11-24-20)25-16-4-7-18-15(12-16)8-10-23-18/h2-13,23H,1H3,(H,24,25). The van der Waals surface area contributed by atoms with Gasteiger partial charge in [0.25, 0.3) is 0 Å². The van der Waals surface area contributed by atoms with Crippen LogP contribution in [0.5, 0.6) is 5.75 Å². The van der Waals surface area contributed by atoms with Crippen LogP contribution in [0.2, 0.25) is 0 Å². The van der Waals surface area contributed by atoms with Crippen LogP contribution >= 0.6 is 11.3 Å². The van der Waals surface area contributed by atoms with Crippen molar-refractivity contribution in [3.05, 3.63) is 73.1 Å². The predicted molar refractivity (Wildman–Crippen MR) is 113 cm³/mol. The molecule has 5 aromatic rings. The number of rotatable bonds is 4. The Morgan fingerprint density at radius 2 is 1.89 bits per heavy atom. The smallest absolute Gasteiger partial charge is 0.118 e. The first-order chi connectivity index (χ1) is 13.3. The van der Waals surface area contributed by atoms with E-state index >= 15 is 0 Å². The lowest BCUT2D eigenvalue weighted by Crippen LogP contribution is -1.90. The highest BCUT2D eigenvalue weighted by Gasteiger charge is 2.10.